The molecule has 0 aliphatic carbocycles. The number of rotatable bonds is 8. The normalized spacial score (nSPS) is 21.6. The minimum Gasteiger partial charge on any atom is -0.352 e. The summed E-state index contributed by atoms with van der Waals surface area (Å²) < 4.78 is 11.0. The first-order valence-electron chi connectivity index (χ1n) is 6.42. The van der Waals surface area contributed by atoms with Crippen LogP contribution in [-0.4, -0.2) is 43.6 Å². The van der Waals surface area contributed by atoms with Gasteiger partial charge in [-0.15, -0.1) is 0 Å². The molecule has 0 amide bonds. The van der Waals surface area contributed by atoms with Crippen molar-refractivity contribution in [2.24, 2.45) is 0 Å². The van der Waals surface area contributed by atoms with Crippen molar-refractivity contribution in [3.8, 4) is 0 Å². The van der Waals surface area contributed by atoms with E-state index in [0.29, 0.717) is 13.2 Å². The van der Waals surface area contributed by atoms with Gasteiger partial charge in [0, 0.05) is 31.6 Å². The summed E-state index contributed by atoms with van der Waals surface area (Å²) in [6, 6.07) is 0. The summed E-state index contributed by atoms with van der Waals surface area (Å²) in [5, 5.41) is 4.24. The molecule has 1 aliphatic rings. The molecule has 1 N–H and O–H groups in total. The van der Waals surface area contributed by atoms with Crippen LogP contribution in [0, 0.1) is 0 Å². The van der Waals surface area contributed by atoms with Gasteiger partial charge in [-0.25, -0.2) is 0 Å². The van der Waals surface area contributed by atoms with Crippen LogP contribution in [0.25, 0.3) is 0 Å². The third-order valence-electron chi connectivity index (χ3n) is 2.66. The van der Waals surface area contributed by atoms with Crippen LogP contribution >= 0.6 is 11.8 Å². The summed E-state index contributed by atoms with van der Waals surface area (Å²) in [7, 11) is 0. The second-order valence-corrected chi connectivity index (χ2v) is 5.40. The fraction of sp³-hybridized carbons (Fsp3) is 1.00. The monoisotopic (exact) mass is 247 g/mol. The van der Waals surface area contributed by atoms with Crippen molar-refractivity contribution in [3.05, 3.63) is 0 Å². The molecule has 96 valence electrons. The Balaban J connectivity index is 2.06. The molecule has 1 saturated heterocycles. The van der Waals surface area contributed by atoms with Gasteiger partial charge in [-0.2, -0.15) is 11.8 Å². The minimum absolute atomic E-state index is 0.0800. The van der Waals surface area contributed by atoms with E-state index < -0.39 is 0 Å². The van der Waals surface area contributed by atoms with Crippen LogP contribution in [0.1, 0.15) is 33.1 Å². The molecule has 0 spiro atoms. The Morgan fingerprint density at radius 2 is 2.00 bits per heavy atom. The summed E-state index contributed by atoms with van der Waals surface area (Å²) in [5.41, 5.74) is 0. The molecule has 0 aromatic heterocycles. The van der Waals surface area contributed by atoms with Gasteiger partial charge >= 0.3 is 0 Å². The molecule has 0 aromatic carbocycles. The maximum Gasteiger partial charge on any atom is 0.169 e. The summed E-state index contributed by atoms with van der Waals surface area (Å²) in [6.45, 7) is 7.32. The van der Waals surface area contributed by atoms with Crippen molar-refractivity contribution in [1.82, 2.24) is 5.32 Å². The van der Waals surface area contributed by atoms with E-state index in [1.54, 1.807) is 0 Å². The van der Waals surface area contributed by atoms with Crippen LogP contribution in [0.4, 0.5) is 0 Å². The van der Waals surface area contributed by atoms with Crippen LogP contribution in [0.2, 0.25) is 0 Å². The van der Waals surface area contributed by atoms with Crippen molar-refractivity contribution in [2.45, 2.75) is 44.6 Å². The molecule has 1 fully saturated rings. The first-order chi connectivity index (χ1) is 7.86. The SMILES string of the molecule is CCOC(CNCC1CCCCS1)OCC. The average molecular weight is 247 g/mol. The zero-order chi connectivity index (χ0) is 11.6. The lowest BCUT2D eigenvalue weighted by molar-refractivity contribution is -0.132. The molecule has 0 radical (unpaired) electrons. The molecule has 4 heteroatoms. The Kier molecular flexibility index (Phi) is 8.29. The zero-order valence-corrected chi connectivity index (χ0v) is 11.4. The summed E-state index contributed by atoms with van der Waals surface area (Å²) in [6.07, 6.45) is 4.05. The predicted octanol–water partition coefficient (Wildman–Crippen LogP) is 2.26. The smallest absolute Gasteiger partial charge is 0.169 e. The number of nitrogens with one attached hydrogen (secondary N) is 1. The van der Waals surface area contributed by atoms with Gasteiger partial charge in [0.2, 0.25) is 0 Å². The van der Waals surface area contributed by atoms with Gasteiger partial charge in [0.1, 0.15) is 0 Å². The van der Waals surface area contributed by atoms with Crippen molar-refractivity contribution in [2.75, 3.05) is 32.1 Å². The molecule has 0 aromatic rings. The highest BCUT2D eigenvalue weighted by Crippen LogP contribution is 2.24. The van der Waals surface area contributed by atoms with Gasteiger partial charge in [-0.05, 0) is 32.4 Å². The molecule has 16 heavy (non-hydrogen) atoms. The quantitative estimate of drug-likeness (QED) is 0.667. The molecule has 3 nitrogen and oxygen atoms in total. The lowest BCUT2D eigenvalue weighted by Gasteiger charge is -2.23. The first kappa shape index (κ1) is 14.3. The molecule has 1 rings (SSSR count). The number of ether oxygens (including phenoxy) is 2. The molecular formula is C12H25NO2S. The van der Waals surface area contributed by atoms with Gasteiger partial charge in [-0.3, -0.25) is 0 Å². The van der Waals surface area contributed by atoms with Crippen LogP contribution in [0.5, 0.6) is 0 Å². The van der Waals surface area contributed by atoms with Crippen LogP contribution < -0.4 is 5.32 Å². The fourth-order valence-electron chi connectivity index (χ4n) is 1.87. The maximum atomic E-state index is 5.48. The lowest BCUT2D eigenvalue weighted by atomic mass is 10.2. The molecule has 1 unspecified atom stereocenters. The van der Waals surface area contributed by atoms with Crippen LogP contribution in [0.15, 0.2) is 0 Å². The van der Waals surface area contributed by atoms with E-state index in [1.807, 2.05) is 13.8 Å². The molecular weight excluding hydrogens is 222 g/mol. The van der Waals surface area contributed by atoms with E-state index in [1.165, 1.54) is 25.0 Å². The van der Waals surface area contributed by atoms with E-state index in [0.717, 1.165) is 18.3 Å². The highest BCUT2D eigenvalue weighted by molar-refractivity contribution is 7.99. The minimum atomic E-state index is -0.0800. The van der Waals surface area contributed by atoms with Crippen molar-refractivity contribution in [3.63, 3.8) is 0 Å². The Morgan fingerprint density at radius 3 is 2.56 bits per heavy atom. The maximum absolute atomic E-state index is 5.48. The molecule has 1 aliphatic heterocycles. The lowest BCUT2D eigenvalue weighted by Crippen LogP contribution is -2.35. The number of hydrogen-bond donors (Lipinski definition) is 1. The van der Waals surface area contributed by atoms with E-state index in [-0.39, 0.29) is 6.29 Å². The molecule has 0 saturated carbocycles. The Labute approximate surface area is 104 Å². The largest absolute Gasteiger partial charge is 0.352 e. The van der Waals surface area contributed by atoms with Crippen molar-refractivity contribution < 1.29 is 9.47 Å². The van der Waals surface area contributed by atoms with Gasteiger partial charge in [-0.1, -0.05) is 6.42 Å². The van der Waals surface area contributed by atoms with Crippen molar-refractivity contribution in [1.29, 1.82) is 0 Å². The number of hydrogen-bond acceptors (Lipinski definition) is 4. The second-order valence-electron chi connectivity index (χ2n) is 3.99. The highest BCUT2D eigenvalue weighted by atomic mass is 32.2. The fourth-order valence-corrected chi connectivity index (χ4v) is 3.14. The molecule has 1 heterocycles. The predicted molar refractivity (Wildman–Crippen MR) is 70.0 cm³/mol. The van der Waals surface area contributed by atoms with Crippen LogP contribution in [0.3, 0.4) is 0 Å². The van der Waals surface area contributed by atoms with E-state index in [9.17, 15) is 0 Å². The van der Waals surface area contributed by atoms with E-state index >= 15 is 0 Å². The Hall–Kier alpha value is 0.230. The summed E-state index contributed by atoms with van der Waals surface area (Å²) >= 11 is 2.10. The zero-order valence-electron chi connectivity index (χ0n) is 10.5. The van der Waals surface area contributed by atoms with Gasteiger partial charge in [0.15, 0.2) is 6.29 Å². The van der Waals surface area contributed by atoms with E-state index in [2.05, 4.69) is 17.1 Å². The third-order valence-corrected chi connectivity index (χ3v) is 4.06. The Bertz CT molecular complexity index is 157. The second kappa shape index (κ2) is 9.28. The summed E-state index contributed by atoms with van der Waals surface area (Å²) in [4.78, 5) is 0. The summed E-state index contributed by atoms with van der Waals surface area (Å²) in [5.74, 6) is 1.33. The van der Waals surface area contributed by atoms with Crippen LogP contribution in [-0.2, 0) is 9.47 Å². The van der Waals surface area contributed by atoms with Gasteiger partial charge in [0.25, 0.3) is 0 Å². The third kappa shape index (κ3) is 6.09. The average Bonchev–Trinajstić information content (AvgIpc) is 2.31. The van der Waals surface area contributed by atoms with E-state index in [4.69, 9.17) is 9.47 Å². The van der Waals surface area contributed by atoms with Gasteiger partial charge in [0.05, 0.1) is 0 Å². The molecule has 0 bridgehead atoms. The Morgan fingerprint density at radius 1 is 1.25 bits per heavy atom. The topological polar surface area (TPSA) is 30.5 Å². The highest BCUT2D eigenvalue weighted by Gasteiger charge is 2.14. The van der Waals surface area contributed by atoms with Crippen molar-refractivity contribution >= 4 is 11.8 Å². The molecule has 1 atom stereocenters. The van der Waals surface area contributed by atoms with Gasteiger partial charge < -0.3 is 14.8 Å². The number of thioether (sulfide) groups is 1. The first-order valence-corrected chi connectivity index (χ1v) is 7.47. The standard InChI is InChI=1S/C12H25NO2S/c1-3-14-12(15-4-2)10-13-9-11-7-5-6-8-16-11/h11-13H,3-10H2,1-2H3.